The lowest BCUT2D eigenvalue weighted by Gasteiger charge is -2.37. The van der Waals surface area contributed by atoms with Crippen LogP contribution in [-0.2, 0) is 4.79 Å². The lowest BCUT2D eigenvalue weighted by molar-refractivity contribution is -0.129. The van der Waals surface area contributed by atoms with Gasteiger partial charge in [0.1, 0.15) is 0 Å². The lowest BCUT2D eigenvalue weighted by Crippen LogP contribution is -2.54. The second kappa shape index (κ2) is 3.69. The Balaban J connectivity index is 2.13. The number of hydrogen-bond acceptors (Lipinski definition) is 3. The number of rotatable bonds is 3. The van der Waals surface area contributed by atoms with Crippen molar-refractivity contribution in [2.45, 2.75) is 0 Å². The van der Waals surface area contributed by atoms with E-state index in [1.54, 1.807) is 7.05 Å². The van der Waals surface area contributed by atoms with Crippen LogP contribution in [0, 0.1) is 5.92 Å². The van der Waals surface area contributed by atoms with E-state index in [0.717, 1.165) is 19.6 Å². The number of hydrogen-bond donors (Lipinski definition) is 2. The molecule has 1 aliphatic rings. The summed E-state index contributed by atoms with van der Waals surface area (Å²) in [6.45, 7) is 3.34. The van der Waals surface area contributed by atoms with Gasteiger partial charge in [-0.3, -0.25) is 4.79 Å². The molecule has 1 aliphatic heterocycles. The molecule has 0 aromatic heterocycles. The maximum atomic E-state index is 11.0. The molecule has 1 heterocycles. The van der Waals surface area contributed by atoms with Crippen molar-refractivity contribution in [2.24, 2.45) is 11.7 Å². The smallest absolute Gasteiger partial charge is 0.225 e. The molecule has 0 bridgehead atoms. The summed E-state index contributed by atoms with van der Waals surface area (Å²) >= 11 is 0. The first-order chi connectivity index (χ1) is 5.27. The average Bonchev–Trinajstić information content (AvgIpc) is 1.94. The van der Waals surface area contributed by atoms with E-state index in [2.05, 4.69) is 10.2 Å². The highest BCUT2D eigenvalue weighted by atomic mass is 16.1. The number of nitrogens with one attached hydrogen (secondary N) is 1. The molecular formula is C7H15N3O. The fourth-order valence-electron chi connectivity index (χ4n) is 1.30. The standard InChI is InChI=1S/C7H15N3O/c1-9-7(11)6-4-10(5-6)3-2-8/h6H,2-5,8H2,1H3,(H,9,11). The summed E-state index contributed by atoms with van der Waals surface area (Å²) in [6.07, 6.45) is 0. The van der Waals surface area contributed by atoms with E-state index < -0.39 is 0 Å². The normalized spacial score (nSPS) is 19.5. The van der Waals surface area contributed by atoms with Crippen molar-refractivity contribution in [3.63, 3.8) is 0 Å². The van der Waals surface area contributed by atoms with E-state index in [1.165, 1.54) is 0 Å². The molecule has 0 aliphatic carbocycles. The van der Waals surface area contributed by atoms with E-state index in [9.17, 15) is 4.79 Å². The fourth-order valence-corrected chi connectivity index (χ4v) is 1.30. The second-order valence-electron chi connectivity index (χ2n) is 2.86. The largest absolute Gasteiger partial charge is 0.359 e. The third-order valence-corrected chi connectivity index (χ3v) is 2.02. The van der Waals surface area contributed by atoms with Gasteiger partial charge < -0.3 is 16.0 Å². The SMILES string of the molecule is CNC(=O)C1CN(CCN)C1. The minimum atomic E-state index is 0.151. The highest BCUT2D eigenvalue weighted by Gasteiger charge is 2.30. The van der Waals surface area contributed by atoms with E-state index in [4.69, 9.17) is 5.73 Å². The van der Waals surface area contributed by atoms with Crippen LogP contribution in [0.3, 0.4) is 0 Å². The molecule has 0 radical (unpaired) electrons. The molecule has 0 spiro atoms. The molecule has 0 unspecified atom stereocenters. The Bertz CT molecular complexity index is 143. The third kappa shape index (κ3) is 1.91. The zero-order valence-corrected chi connectivity index (χ0v) is 6.84. The molecule has 1 saturated heterocycles. The van der Waals surface area contributed by atoms with E-state index in [0.29, 0.717) is 6.54 Å². The number of likely N-dealkylation sites (tertiary alicyclic amines) is 1. The molecule has 0 aromatic carbocycles. The second-order valence-corrected chi connectivity index (χ2v) is 2.86. The molecular weight excluding hydrogens is 142 g/mol. The Morgan fingerprint density at radius 3 is 2.82 bits per heavy atom. The van der Waals surface area contributed by atoms with E-state index in [1.807, 2.05) is 0 Å². The van der Waals surface area contributed by atoms with Crippen LogP contribution in [-0.4, -0.2) is 44.0 Å². The van der Waals surface area contributed by atoms with Gasteiger partial charge in [-0.1, -0.05) is 0 Å². The van der Waals surface area contributed by atoms with E-state index in [-0.39, 0.29) is 11.8 Å². The Morgan fingerprint density at radius 1 is 1.73 bits per heavy atom. The van der Waals surface area contributed by atoms with Gasteiger partial charge in [-0.05, 0) is 0 Å². The Kier molecular flexibility index (Phi) is 2.84. The van der Waals surface area contributed by atoms with Crippen LogP contribution < -0.4 is 11.1 Å². The van der Waals surface area contributed by atoms with Crippen LogP contribution in [0.4, 0.5) is 0 Å². The van der Waals surface area contributed by atoms with Gasteiger partial charge in [-0.25, -0.2) is 0 Å². The van der Waals surface area contributed by atoms with Crippen molar-refractivity contribution < 1.29 is 4.79 Å². The number of nitrogens with zero attached hydrogens (tertiary/aromatic N) is 1. The number of nitrogens with two attached hydrogens (primary N) is 1. The predicted octanol–water partition coefficient (Wildman–Crippen LogP) is -1.38. The highest BCUT2D eigenvalue weighted by molar-refractivity contribution is 5.79. The molecule has 1 amide bonds. The molecule has 64 valence electrons. The molecule has 3 N–H and O–H groups in total. The first kappa shape index (κ1) is 8.49. The quantitative estimate of drug-likeness (QED) is 0.531. The molecule has 4 heteroatoms. The van der Waals surface area contributed by atoms with Gasteiger partial charge in [0, 0.05) is 33.2 Å². The van der Waals surface area contributed by atoms with Crippen molar-refractivity contribution in [3.05, 3.63) is 0 Å². The van der Waals surface area contributed by atoms with Crippen LogP contribution in [0.25, 0.3) is 0 Å². The monoisotopic (exact) mass is 157 g/mol. The lowest BCUT2D eigenvalue weighted by atomic mass is 9.99. The van der Waals surface area contributed by atoms with Crippen molar-refractivity contribution in [1.29, 1.82) is 0 Å². The fraction of sp³-hybridized carbons (Fsp3) is 0.857. The van der Waals surface area contributed by atoms with Crippen LogP contribution in [0.2, 0.25) is 0 Å². The minimum Gasteiger partial charge on any atom is -0.359 e. The molecule has 1 rings (SSSR count). The third-order valence-electron chi connectivity index (χ3n) is 2.02. The van der Waals surface area contributed by atoms with Crippen LogP contribution in [0.5, 0.6) is 0 Å². The van der Waals surface area contributed by atoms with Gasteiger partial charge in [0.15, 0.2) is 0 Å². The van der Waals surface area contributed by atoms with Crippen LogP contribution in [0.1, 0.15) is 0 Å². The van der Waals surface area contributed by atoms with Gasteiger partial charge in [0.2, 0.25) is 5.91 Å². The Labute approximate surface area is 66.7 Å². The molecule has 0 saturated carbocycles. The van der Waals surface area contributed by atoms with Gasteiger partial charge in [-0.2, -0.15) is 0 Å². The summed E-state index contributed by atoms with van der Waals surface area (Å²) < 4.78 is 0. The maximum Gasteiger partial charge on any atom is 0.225 e. The van der Waals surface area contributed by atoms with Gasteiger partial charge in [-0.15, -0.1) is 0 Å². The first-order valence-corrected chi connectivity index (χ1v) is 3.92. The number of amides is 1. The minimum absolute atomic E-state index is 0.151. The highest BCUT2D eigenvalue weighted by Crippen LogP contribution is 2.13. The van der Waals surface area contributed by atoms with Crippen LogP contribution in [0.15, 0.2) is 0 Å². The van der Waals surface area contributed by atoms with Gasteiger partial charge in [0.25, 0.3) is 0 Å². The molecule has 11 heavy (non-hydrogen) atoms. The summed E-state index contributed by atoms with van der Waals surface area (Å²) in [5.41, 5.74) is 5.35. The molecule has 0 atom stereocenters. The van der Waals surface area contributed by atoms with Crippen molar-refractivity contribution in [3.8, 4) is 0 Å². The molecule has 0 aromatic rings. The van der Waals surface area contributed by atoms with Crippen molar-refractivity contribution >= 4 is 5.91 Å². The summed E-state index contributed by atoms with van der Waals surface area (Å²) in [5, 5.41) is 2.63. The zero-order chi connectivity index (χ0) is 8.27. The van der Waals surface area contributed by atoms with Gasteiger partial charge in [0.05, 0.1) is 5.92 Å². The number of carbonyl (C=O) groups is 1. The van der Waals surface area contributed by atoms with E-state index >= 15 is 0 Å². The number of carbonyl (C=O) groups excluding carboxylic acids is 1. The average molecular weight is 157 g/mol. The van der Waals surface area contributed by atoms with Crippen LogP contribution >= 0.6 is 0 Å². The summed E-state index contributed by atoms with van der Waals surface area (Å²) in [6, 6.07) is 0. The molecule has 1 fully saturated rings. The Hall–Kier alpha value is -0.610. The summed E-state index contributed by atoms with van der Waals surface area (Å²) in [4.78, 5) is 13.2. The first-order valence-electron chi connectivity index (χ1n) is 3.92. The van der Waals surface area contributed by atoms with Crippen molar-refractivity contribution in [2.75, 3.05) is 33.2 Å². The molecule has 4 nitrogen and oxygen atoms in total. The topological polar surface area (TPSA) is 58.4 Å². The van der Waals surface area contributed by atoms with Crippen molar-refractivity contribution in [1.82, 2.24) is 10.2 Å². The summed E-state index contributed by atoms with van der Waals surface area (Å²) in [7, 11) is 1.67. The Morgan fingerprint density at radius 2 is 2.36 bits per heavy atom. The predicted molar refractivity (Wildman–Crippen MR) is 43.1 cm³/mol. The van der Waals surface area contributed by atoms with Gasteiger partial charge >= 0.3 is 0 Å². The maximum absolute atomic E-state index is 11.0. The summed E-state index contributed by atoms with van der Waals surface area (Å²) in [5.74, 6) is 0.352. The zero-order valence-electron chi connectivity index (χ0n) is 6.84.